The molecule has 5 nitrogen and oxygen atoms in total. The van der Waals surface area contributed by atoms with Crippen LogP contribution >= 0.6 is 0 Å². The molecule has 1 atom stereocenters. The van der Waals surface area contributed by atoms with Gasteiger partial charge in [-0.3, -0.25) is 0 Å². The average molecular weight is 397 g/mol. The van der Waals surface area contributed by atoms with Crippen LogP contribution in [0.1, 0.15) is 44.7 Å². The first kappa shape index (κ1) is 21.5. The summed E-state index contributed by atoms with van der Waals surface area (Å²) in [6.45, 7) is 6.56. The quantitative estimate of drug-likeness (QED) is 0.767. The van der Waals surface area contributed by atoms with Crippen LogP contribution in [-0.4, -0.2) is 35.1 Å². The number of halogens is 3. The maximum atomic E-state index is 12.9. The van der Waals surface area contributed by atoms with Crippen LogP contribution in [0.3, 0.4) is 0 Å². The van der Waals surface area contributed by atoms with Crippen LogP contribution in [0, 0.1) is 0 Å². The summed E-state index contributed by atoms with van der Waals surface area (Å²) in [5.41, 5.74) is 0.318. The third kappa shape index (κ3) is 4.05. The van der Waals surface area contributed by atoms with E-state index in [9.17, 15) is 27.9 Å². The number of aliphatic carboxylic acids is 1. The van der Waals surface area contributed by atoms with E-state index in [-0.39, 0.29) is 16.7 Å². The number of hydrogen-bond acceptors (Lipinski definition) is 4. The fraction of sp³-hybridized carbons (Fsp3) is 0.400. The predicted molar refractivity (Wildman–Crippen MR) is 96.2 cm³/mol. The molecule has 152 valence electrons. The van der Waals surface area contributed by atoms with E-state index in [0.29, 0.717) is 11.4 Å². The number of hydrogen-bond donors (Lipinski definition) is 1. The topological polar surface area (TPSA) is 66.8 Å². The fourth-order valence-electron chi connectivity index (χ4n) is 3.19. The maximum Gasteiger partial charge on any atom is 0.416 e. The molecule has 1 aliphatic heterocycles. The van der Waals surface area contributed by atoms with Crippen LogP contribution < -0.4 is 0 Å². The highest BCUT2D eigenvalue weighted by Crippen LogP contribution is 2.42. The summed E-state index contributed by atoms with van der Waals surface area (Å²) >= 11 is 0. The van der Waals surface area contributed by atoms with Crippen LogP contribution in [0.4, 0.5) is 13.2 Å². The highest BCUT2D eigenvalue weighted by molar-refractivity contribution is 5.99. The molecule has 1 aromatic carbocycles. The van der Waals surface area contributed by atoms with E-state index in [1.54, 1.807) is 39.6 Å². The molecule has 1 aliphatic rings. The minimum atomic E-state index is -4.52. The molecule has 8 heteroatoms. The first-order chi connectivity index (χ1) is 12.9. The van der Waals surface area contributed by atoms with Crippen molar-refractivity contribution in [2.75, 3.05) is 7.05 Å². The number of carbonyl (C=O) groups excluding carboxylic acids is 1. The van der Waals surface area contributed by atoms with E-state index in [1.807, 2.05) is 0 Å². The number of carboxylic acids is 1. The molecule has 0 saturated heterocycles. The molecule has 2 rings (SSSR count). The lowest BCUT2D eigenvalue weighted by Crippen LogP contribution is -2.33. The highest BCUT2D eigenvalue weighted by Gasteiger charge is 2.39. The zero-order valence-corrected chi connectivity index (χ0v) is 16.2. The molecule has 0 saturated carbocycles. The summed E-state index contributed by atoms with van der Waals surface area (Å²) in [4.78, 5) is 26.3. The predicted octanol–water partition coefficient (Wildman–Crippen LogP) is 4.32. The Labute approximate surface area is 161 Å². The number of rotatable bonds is 4. The van der Waals surface area contributed by atoms with Gasteiger partial charge in [0.2, 0.25) is 0 Å². The third-order valence-electron chi connectivity index (χ3n) is 4.73. The van der Waals surface area contributed by atoms with Crippen molar-refractivity contribution in [3.63, 3.8) is 0 Å². The largest absolute Gasteiger partial charge is 0.478 e. The first-order valence-corrected chi connectivity index (χ1v) is 8.63. The number of carbonyl (C=O) groups is 2. The molecule has 0 aliphatic carbocycles. The van der Waals surface area contributed by atoms with Gasteiger partial charge in [0.05, 0.1) is 28.7 Å². The lowest BCUT2D eigenvalue weighted by molar-refractivity contribution is -0.143. The molecule has 1 aromatic rings. The number of allylic oxidation sites excluding steroid dienone is 2. The summed E-state index contributed by atoms with van der Waals surface area (Å²) in [6.07, 6.45) is -4.95. The smallest absolute Gasteiger partial charge is 0.416 e. The van der Waals surface area contributed by atoms with Gasteiger partial charge < -0.3 is 14.7 Å². The van der Waals surface area contributed by atoms with Crippen molar-refractivity contribution >= 4 is 11.9 Å². The normalized spacial score (nSPS) is 18.0. The third-order valence-corrected chi connectivity index (χ3v) is 4.73. The highest BCUT2D eigenvalue weighted by atomic mass is 19.4. The van der Waals surface area contributed by atoms with Crippen molar-refractivity contribution in [2.24, 2.45) is 0 Å². The van der Waals surface area contributed by atoms with Crippen LogP contribution in [-0.2, 0) is 20.5 Å². The van der Waals surface area contributed by atoms with Crippen LogP contribution in [0.15, 0.2) is 46.8 Å². The van der Waals surface area contributed by atoms with Gasteiger partial charge >= 0.3 is 18.1 Å². The molecule has 0 fully saturated rings. The summed E-state index contributed by atoms with van der Waals surface area (Å²) < 4.78 is 44.0. The zero-order valence-electron chi connectivity index (χ0n) is 16.2. The number of benzene rings is 1. The first-order valence-electron chi connectivity index (χ1n) is 8.63. The Balaban J connectivity index is 2.68. The van der Waals surface area contributed by atoms with Crippen LogP contribution in [0.2, 0.25) is 0 Å². The number of nitrogens with zero attached hydrogens (tertiary/aromatic N) is 1. The van der Waals surface area contributed by atoms with Crippen molar-refractivity contribution in [2.45, 2.75) is 45.9 Å². The van der Waals surface area contributed by atoms with E-state index < -0.39 is 35.7 Å². The Morgan fingerprint density at radius 1 is 1.07 bits per heavy atom. The van der Waals surface area contributed by atoms with Gasteiger partial charge in [-0.05, 0) is 45.4 Å². The fourth-order valence-corrected chi connectivity index (χ4v) is 3.19. The molecule has 1 N–H and O–H groups in total. The Morgan fingerprint density at radius 2 is 1.57 bits per heavy atom. The van der Waals surface area contributed by atoms with Gasteiger partial charge in [-0.1, -0.05) is 12.1 Å². The molecule has 0 amide bonds. The zero-order chi connectivity index (χ0) is 21.4. The molecule has 0 bridgehead atoms. The second kappa shape index (κ2) is 7.69. The molecular weight excluding hydrogens is 375 g/mol. The molecule has 28 heavy (non-hydrogen) atoms. The molecular formula is C20H22F3NO4. The monoisotopic (exact) mass is 397 g/mol. The lowest BCUT2D eigenvalue weighted by atomic mass is 9.79. The van der Waals surface area contributed by atoms with Gasteiger partial charge in [-0.15, -0.1) is 0 Å². The summed E-state index contributed by atoms with van der Waals surface area (Å²) in [6, 6.07) is 4.16. The molecule has 1 heterocycles. The van der Waals surface area contributed by atoms with Gasteiger partial charge in [-0.25, -0.2) is 9.59 Å². The molecule has 0 radical (unpaired) electrons. The minimum Gasteiger partial charge on any atom is -0.478 e. The number of carboxylic acid groups (broad SMARTS) is 1. The summed E-state index contributed by atoms with van der Waals surface area (Å²) in [7, 11) is 1.62. The average Bonchev–Trinajstić information content (AvgIpc) is 2.57. The summed E-state index contributed by atoms with van der Waals surface area (Å²) in [5, 5.41) is 9.77. The number of esters is 1. The van der Waals surface area contributed by atoms with E-state index in [0.717, 1.165) is 12.1 Å². The maximum absolute atomic E-state index is 12.9. The number of alkyl halides is 3. The van der Waals surface area contributed by atoms with E-state index in [2.05, 4.69) is 0 Å². The van der Waals surface area contributed by atoms with E-state index >= 15 is 0 Å². The van der Waals surface area contributed by atoms with Crippen molar-refractivity contribution in [3.8, 4) is 0 Å². The van der Waals surface area contributed by atoms with Gasteiger partial charge in [0, 0.05) is 18.4 Å². The standard InChI is InChI=1S/C20H22F3NO4/c1-10(2)28-19(27)16-12(4)24(5)11(3)15(18(25)26)17(16)13-6-8-14(9-7-13)20(21,22)23/h6-10,17H,1-5H3,(H,25,26). The molecule has 0 spiro atoms. The van der Waals surface area contributed by atoms with E-state index in [1.165, 1.54) is 12.1 Å². The van der Waals surface area contributed by atoms with Crippen molar-refractivity contribution in [3.05, 3.63) is 57.9 Å². The Kier molecular flexibility index (Phi) is 5.91. The minimum absolute atomic E-state index is 0.0800. The second-order valence-corrected chi connectivity index (χ2v) is 6.87. The lowest BCUT2D eigenvalue weighted by Gasteiger charge is -2.35. The number of ether oxygens (including phenoxy) is 1. The molecule has 0 aromatic heterocycles. The van der Waals surface area contributed by atoms with Gasteiger partial charge in [-0.2, -0.15) is 13.2 Å². The summed E-state index contributed by atoms with van der Waals surface area (Å²) in [5.74, 6) is -2.99. The SMILES string of the molecule is CC1=C(C(=O)O)C(c2ccc(C(F)(F)F)cc2)C(C(=O)OC(C)C)=C(C)N1C. The Bertz CT molecular complexity index is 851. The van der Waals surface area contributed by atoms with Gasteiger partial charge in [0.15, 0.2) is 0 Å². The van der Waals surface area contributed by atoms with Crippen LogP contribution in [0.25, 0.3) is 0 Å². The van der Waals surface area contributed by atoms with Gasteiger partial charge in [0.25, 0.3) is 0 Å². The molecule has 1 unspecified atom stereocenters. The Morgan fingerprint density at radius 3 is 2.00 bits per heavy atom. The second-order valence-electron chi connectivity index (χ2n) is 6.87. The van der Waals surface area contributed by atoms with Crippen molar-refractivity contribution in [1.82, 2.24) is 4.90 Å². The van der Waals surface area contributed by atoms with Crippen LogP contribution in [0.5, 0.6) is 0 Å². The van der Waals surface area contributed by atoms with E-state index in [4.69, 9.17) is 4.74 Å². The van der Waals surface area contributed by atoms with Gasteiger partial charge in [0.1, 0.15) is 0 Å². The Hall–Kier alpha value is -2.77. The van der Waals surface area contributed by atoms with Crippen molar-refractivity contribution in [1.29, 1.82) is 0 Å². The van der Waals surface area contributed by atoms with Crippen molar-refractivity contribution < 1.29 is 32.6 Å².